The summed E-state index contributed by atoms with van der Waals surface area (Å²) in [5.74, 6) is 0.895. The normalized spacial score (nSPS) is 9.88. The number of halogens is 1. The van der Waals surface area contributed by atoms with Gasteiger partial charge in [0.1, 0.15) is 5.75 Å². The second-order valence-electron chi connectivity index (χ2n) is 3.38. The molecule has 0 radical (unpaired) electrons. The van der Waals surface area contributed by atoms with Crippen LogP contribution in [0.25, 0.3) is 0 Å². The second-order valence-corrected chi connectivity index (χ2v) is 4.17. The Kier molecular flexibility index (Phi) is 5.93. The highest BCUT2D eigenvalue weighted by atomic mass is 79.9. The number of nitrogens with one attached hydrogen (secondary N) is 1. The van der Waals surface area contributed by atoms with Gasteiger partial charge in [-0.05, 0) is 18.1 Å². The third kappa shape index (κ3) is 4.66. The summed E-state index contributed by atoms with van der Waals surface area (Å²) in [6.07, 6.45) is 0.790. The van der Waals surface area contributed by atoms with Crippen LogP contribution in [-0.2, 0) is 11.2 Å². The molecule has 0 aromatic heterocycles. The Bertz CT molecular complexity index is 342. The molecule has 1 aromatic carbocycles. The van der Waals surface area contributed by atoms with Crippen LogP contribution in [-0.4, -0.2) is 24.4 Å². The summed E-state index contributed by atoms with van der Waals surface area (Å²) in [5.41, 5.74) is 1.12. The van der Waals surface area contributed by atoms with E-state index >= 15 is 0 Å². The predicted molar refractivity (Wildman–Crippen MR) is 68.1 cm³/mol. The Morgan fingerprint density at radius 1 is 1.44 bits per heavy atom. The van der Waals surface area contributed by atoms with Crippen molar-refractivity contribution < 1.29 is 9.53 Å². The summed E-state index contributed by atoms with van der Waals surface area (Å²) in [6, 6.07) is 7.90. The SMILES string of the molecule is CC(=O)NCCc1ccccc1OCCBr. The van der Waals surface area contributed by atoms with E-state index in [-0.39, 0.29) is 5.91 Å². The molecule has 0 fully saturated rings. The Balaban J connectivity index is 2.52. The third-order valence-electron chi connectivity index (χ3n) is 2.08. The molecule has 0 bridgehead atoms. The molecule has 0 heterocycles. The zero-order valence-corrected chi connectivity index (χ0v) is 10.9. The maximum absolute atomic E-state index is 10.7. The van der Waals surface area contributed by atoms with Gasteiger partial charge in [-0.25, -0.2) is 0 Å². The number of carbonyl (C=O) groups is 1. The molecule has 1 rings (SSSR count). The van der Waals surface area contributed by atoms with E-state index in [4.69, 9.17) is 4.74 Å². The highest BCUT2D eigenvalue weighted by Gasteiger charge is 2.02. The van der Waals surface area contributed by atoms with E-state index in [1.165, 1.54) is 6.92 Å². The topological polar surface area (TPSA) is 38.3 Å². The van der Waals surface area contributed by atoms with E-state index < -0.39 is 0 Å². The lowest BCUT2D eigenvalue weighted by Gasteiger charge is -2.10. The quantitative estimate of drug-likeness (QED) is 0.814. The van der Waals surface area contributed by atoms with Gasteiger partial charge in [0.2, 0.25) is 5.91 Å². The van der Waals surface area contributed by atoms with Gasteiger partial charge in [-0.2, -0.15) is 0 Å². The molecule has 16 heavy (non-hydrogen) atoms. The van der Waals surface area contributed by atoms with Crippen LogP contribution >= 0.6 is 15.9 Å². The standard InChI is InChI=1S/C12H16BrNO2/c1-10(15)14-8-6-11-4-2-3-5-12(11)16-9-7-13/h2-5H,6-9H2,1H3,(H,14,15). The summed E-state index contributed by atoms with van der Waals surface area (Å²) in [6.45, 7) is 2.81. The van der Waals surface area contributed by atoms with E-state index in [0.29, 0.717) is 13.2 Å². The van der Waals surface area contributed by atoms with Crippen LogP contribution in [0.15, 0.2) is 24.3 Å². The molecule has 0 atom stereocenters. The van der Waals surface area contributed by atoms with Crippen molar-refractivity contribution in [2.75, 3.05) is 18.5 Å². The summed E-state index contributed by atoms with van der Waals surface area (Å²) in [5, 5.41) is 3.59. The van der Waals surface area contributed by atoms with Crippen LogP contribution in [0.5, 0.6) is 5.75 Å². The van der Waals surface area contributed by atoms with Crippen molar-refractivity contribution in [2.45, 2.75) is 13.3 Å². The highest BCUT2D eigenvalue weighted by Crippen LogP contribution is 2.18. The largest absolute Gasteiger partial charge is 0.492 e. The maximum atomic E-state index is 10.7. The number of hydrogen-bond donors (Lipinski definition) is 1. The minimum atomic E-state index is -0.00106. The van der Waals surface area contributed by atoms with Gasteiger partial charge in [0, 0.05) is 18.8 Å². The van der Waals surface area contributed by atoms with Crippen LogP contribution < -0.4 is 10.1 Å². The summed E-state index contributed by atoms with van der Waals surface area (Å²) < 4.78 is 5.58. The molecule has 0 aliphatic rings. The number of amides is 1. The number of para-hydroxylation sites is 1. The number of alkyl halides is 1. The number of hydrogen-bond acceptors (Lipinski definition) is 2. The van der Waals surface area contributed by atoms with Gasteiger partial charge in [0.25, 0.3) is 0 Å². The van der Waals surface area contributed by atoms with Gasteiger partial charge < -0.3 is 10.1 Å². The average molecular weight is 286 g/mol. The minimum absolute atomic E-state index is 0.00106. The van der Waals surface area contributed by atoms with Crippen molar-refractivity contribution >= 4 is 21.8 Å². The Morgan fingerprint density at radius 2 is 2.19 bits per heavy atom. The minimum Gasteiger partial charge on any atom is -0.492 e. The van der Waals surface area contributed by atoms with Crippen molar-refractivity contribution in [3.63, 3.8) is 0 Å². The van der Waals surface area contributed by atoms with Gasteiger partial charge in [0.15, 0.2) is 0 Å². The van der Waals surface area contributed by atoms with Crippen LogP contribution in [0.3, 0.4) is 0 Å². The summed E-state index contributed by atoms with van der Waals surface area (Å²) in [4.78, 5) is 10.7. The smallest absolute Gasteiger partial charge is 0.216 e. The fraction of sp³-hybridized carbons (Fsp3) is 0.417. The van der Waals surface area contributed by atoms with Crippen LogP contribution in [0.1, 0.15) is 12.5 Å². The lowest BCUT2D eigenvalue weighted by molar-refractivity contribution is -0.118. The fourth-order valence-electron chi connectivity index (χ4n) is 1.37. The third-order valence-corrected chi connectivity index (χ3v) is 2.40. The summed E-state index contributed by atoms with van der Waals surface area (Å²) >= 11 is 3.32. The molecule has 0 aliphatic carbocycles. The molecule has 0 saturated carbocycles. The summed E-state index contributed by atoms with van der Waals surface area (Å²) in [7, 11) is 0. The number of rotatable bonds is 6. The lowest BCUT2D eigenvalue weighted by Crippen LogP contribution is -2.22. The first kappa shape index (κ1) is 13.0. The van der Waals surface area contributed by atoms with Crippen LogP contribution in [0, 0.1) is 0 Å². The van der Waals surface area contributed by atoms with E-state index in [1.54, 1.807) is 0 Å². The lowest BCUT2D eigenvalue weighted by atomic mass is 10.1. The number of carbonyl (C=O) groups excluding carboxylic acids is 1. The average Bonchev–Trinajstić information content (AvgIpc) is 2.27. The fourth-order valence-corrected chi connectivity index (χ4v) is 1.53. The van der Waals surface area contributed by atoms with Crippen LogP contribution in [0.4, 0.5) is 0 Å². The van der Waals surface area contributed by atoms with Gasteiger partial charge in [-0.15, -0.1) is 0 Å². The molecule has 1 aromatic rings. The molecular weight excluding hydrogens is 270 g/mol. The van der Waals surface area contributed by atoms with Crippen LogP contribution in [0.2, 0.25) is 0 Å². The van der Waals surface area contributed by atoms with Gasteiger partial charge >= 0.3 is 0 Å². The molecule has 0 unspecified atom stereocenters. The molecule has 88 valence electrons. The zero-order chi connectivity index (χ0) is 11.8. The molecular formula is C12H16BrNO2. The Labute approximate surface area is 104 Å². The molecule has 0 spiro atoms. The van der Waals surface area contributed by atoms with Gasteiger partial charge in [0.05, 0.1) is 6.61 Å². The van der Waals surface area contributed by atoms with Gasteiger partial charge in [-0.3, -0.25) is 4.79 Å². The maximum Gasteiger partial charge on any atom is 0.216 e. The molecule has 3 nitrogen and oxygen atoms in total. The van der Waals surface area contributed by atoms with E-state index in [1.807, 2.05) is 24.3 Å². The monoisotopic (exact) mass is 285 g/mol. The van der Waals surface area contributed by atoms with E-state index in [2.05, 4.69) is 21.2 Å². The first-order chi connectivity index (χ1) is 7.74. The molecule has 0 saturated heterocycles. The molecule has 1 amide bonds. The Morgan fingerprint density at radius 3 is 2.88 bits per heavy atom. The van der Waals surface area contributed by atoms with Crippen molar-refractivity contribution in [3.8, 4) is 5.75 Å². The Hall–Kier alpha value is -1.03. The van der Waals surface area contributed by atoms with Crippen molar-refractivity contribution in [2.24, 2.45) is 0 Å². The number of ether oxygens (including phenoxy) is 1. The zero-order valence-electron chi connectivity index (χ0n) is 9.33. The predicted octanol–water partition coefficient (Wildman–Crippen LogP) is 2.14. The highest BCUT2D eigenvalue weighted by molar-refractivity contribution is 9.09. The number of benzene rings is 1. The molecule has 4 heteroatoms. The second kappa shape index (κ2) is 7.28. The van der Waals surface area contributed by atoms with E-state index in [9.17, 15) is 4.79 Å². The molecule has 1 N–H and O–H groups in total. The van der Waals surface area contributed by atoms with E-state index in [0.717, 1.165) is 23.1 Å². The first-order valence-electron chi connectivity index (χ1n) is 5.25. The first-order valence-corrected chi connectivity index (χ1v) is 6.37. The van der Waals surface area contributed by atoms with Crippen molar-refractivity contribution in [1.82, 2.24) is 5.32 Å². The molecule has 0 aliphatic heterocycles. The van der Waals surface area contributed by atoms with Crippen molar-refractivity contribution in [3.05, 3.63) is 29.8 Å². The van der Waals surface area contributed by atoms with Gasteiger partial charge in [-0.1, -0.05) is 34.1 Å². The van der Waals surface area contributed by atoms with Crippen molar-refractivity contribution in [1.29, 1.82) is 0 Å².